The summed E-state index contributed by atoms with van der Waals surface area (Å²) in [4.78, 5) is 23.0. The van der Waals surface area contributed by atoms with Crippen LogP contribution in [0.25, 0.3) is 27.7 Å². The number of methoxy groups -OCH3 is 1. The summed E-state index contributed by atoms with van der Waals surface area (Å²) in [6.45, 7) is 0.0439. The lowest BCUT2D eigenvalue weighted by atomic mass is 10.0. The fourth-order valence-corrected chi connectivity index (χ4v) is 4.46. The molecule has 5 rings (SSSR count). The maximum Gasteiger partial charge on any atom is 0.305 e. The van der Waals surface area contributed by atoms with E-state index >= 15 is 0 Å². The normalized spacial score (nSPS) is 10.9. The van der Waals surface area contributed by atoms with Gasteiger partial charge in [-0.3, -0.25) is 9.59 Å². The van der Waals surface area contributed by atoms with E-state index in [0.29, 0.717) is 38.5 Å². The number of halogens is 2. The van der Waals surface area contributed by atoms with E-state index in [9.17, 15) is 9.59 Å². The highest BCUT2D eigenvalue weighted by molar-refractivity contribution is 6.42. The van der Waals surface area contributed by atoms with Crippen LogP contribution in [0.5, 0.6) is 17.2 Å². The number of aliphatic carboxylic acids is 1. The number of aromatic nitrogens is 2. The fourth-order valence-electron chi connectivity index (χ4n) is 4.17. The van der Waals surface area contributed by atoms with Gasteiger partial charge in [0.05, 0.1) is 35.5 Å². The molecule has 5 aromatic rings. The van der Waals surface area contributed by atoms with Crippen molar-refractivity contribution in [2.24, 2.45) is 0 Å². The van der Waals surface area contributed by atoms with Gasteiger partial charge >= 0.3 is 5.97 Å². The second-order valence-electron chi connectivity index (χ2n) is 8.82. The fraction of sp³-hybridized carbons (Fsp3) is 0.100. The summed E-state index contributed by atoms with van der Waals surface area (Å²) in [5.41, 5.74) is 2.62. The van der Waals surface area contributed by atoms with Crippen molar-refractivity contribution in [3.8, 4) is 34.2 Å². The number of fused-ring (bicyclic) bond motifs is 1. The number of carboxylic acid groups (broad SMARTS) is 1. The summed E-state index contributed by atoms with van der Waals surface area (Å²) in [5, 5.41) is 18.8. The van der Waals surface area contributed by atoms with Crippen LogP contribution in [0.2, 0.25) is 10.0 Å². The van der Waals surface area contributed by atoms with Crippen molar-refractivity contribution in [2.45, 2.75) is 6.42 Å². The molecular formula is C30H23Cl2N3O5. The van der Waals surface area contributed by atoms with Gasteiger partial charge in [-0.25, -0.2) is 4.68 Å². The topological polar surface area (TPSA) is 103 Å². The Morgan fingerprint density at radius 2 is 1.62 bits per heavy atom. The van der Waals surface area contributed by atoms with Crippen LogP contribution in [0.1, 0.15) is 16.8 Å². The average Bonchev–Trinajstić information content (AvgIpc) is 3.37. The Hall–Kier alpha value is -4.53. The Morgan fingerprint density at radius 3 is 2.35 bits per heavy atom. The molecule has 0 saturated carbocycles. The smallest absolute Gasteiger partial charge is 0.305 e. The number of carboxylic acids is 1. The minimum absolute atomic E-state index is 0.0439. The first-order valence-corrected chi connectivity index (χ1v) is 13.0. The number of hydrogen-bond acceptors (Lipinski definition) is 5. The third-order valence-corrected chi connectivity index (χ3v) is 6.91. The predicted molar refractivity (Wildman–Crippen MR) is 154 cm³/mol. The minimum atomic E-state index is -0.979. The molecule has 0 spiro atoms. The first-order valence-electron chi connectivity index (χ1n) is 12.2. The lowest BCUT2D eigenvalue weighted by molar-refractivity contribution is -0.136. The predicted octanol–water partition coefficient (Wildman–Crippen LogP) is 7.00. The summed E-state index contributed by atoms with van der Waals surface area (Å²) in [7, 11) is 1.63. The SMILES string of the molecule is COc1ccc2cc(-c3c(Oc4ccc(C(=O)NCCC(=O)O)cc4)cnn3-c3ccc(Cl)c(Cl)c3)ccc2c1. The van der Waals surface area contributed by atoms with E-state index in [1.807, 2.05) is 42.5 Å². The van der Waals surface area contributed by atoms with E-state index in [4.69, 9.17) is 37.8 Å². The van der Waals surface area contributed by atoms with Gasteiger partial charge in [-0.1, -0.05) is 41.4 Å². The van der Waals surface area contributed by atoms with Gasteiger partial charge in [-0.05, 0) is 71.4 Å². The van der Waals surface area contributed by atoms with Crippen molar-refractivity contribution in [1.29, 1.82) is 0 Å². The molecule has 0 unspecified atom stereocenters. The van der Waals surface area contributed by atoms with E-state index < -0.39 is 5.97 Å². The highest BCUT2D eigenvalue weighted by Gasteiger charge is 2.18. The van der Waals surface area contributed by atoms with Gasteiger partial charge in [0.1, 0.15) is 17.2 Å². The van der Waals surface area contributed by atoms with E-state index in [-0.39, 0.29) is 18.9 Å². The molecule has 10 heteroatoms. The van der Waals surface area contributed by atoms with Gasteiger partial charge in [-0.2, -0.15) is 5.10 Å². The Bertz CT molecular complexity index is 1720. The van der Waals surface area contributed by atoms with Crippen LogP contribution >= 0.6 is 23.2 Å². The number of benzene rings is 4. The second-order valence-corrected chi connectivity index (χ2v) is 9.64. The molecule has 1 heterocycles. The number of amides is 1. The first kappa shape index (κ1) is 27.1. The van der Waals surface area contributed by atoms with Crippen molar-refractivity contribution < 1.29 is 24.2 Å². The van der Waals surface area contributed by atoms with E-state index in [0.717, 1.165) is 22.1 Å². The zero-order valence-corrected chi connectivity index (χ0v) is 22.7. The molecule has 4 aromatic carbocycles. The molecule has 0 aliphatic rings. The van der Waals surface area contributed by atoms with Crippen molar-refractivity contribution in [2.75, 3.05) is 13.7 Å². The molecule has 8 nitrogen and oxygen atoms in total. The Balaban J connectivity index is 1.50. The highest BCUT2D eigenvalue weighted by Crippen LogP contribution is 2.38. The van der Waals surface area contributed by atoms with Crippen molar-refractivity contribution >= 4 is 45.9 Å². The van der Waals surface area contributed by atoms with Crippen LogP contribution in [-0.4, -0.2) is 40.4 Å². The number of nitrogens with zero attached hydrogens (tertiary/aromatic N) is 2. The monoisotopic (exact) mass is 575 g/mol. The second kappa shape index (κ2) is 11.7. The Kier molecular flexibility index (Phi) is 7.91. The van der Waals surface area contributed by atoms with Gasteiger partial charge in [0.15, 0.2) is 5.75 Å². The molecule has 40 heavy (non-hydrogen) atoms. The first-order chi connectivity index (χ1) is 19.3. The molecule has 1 aromatic heterocycles. The standard InChI is InChI=1S/C30H23Cl2N3O5/c1-39-24-10-6-19-14-21(3-2-20(19)15-24)29-27(17-34-35(29)22-7-11-25(31)26(32)16-22)40-23-8-4-18(5-9-23)30(38)33-13-12-28(36)37/h2-11,14-17H,12-13H2,1H3,(H,33,38)(H,36,37). The van der Waals surface area contributed by atoms with Crippen LogP contribution in [-0.2, 0) is 4.79 Å². The maximum absolute atomic E-state index is 12.3. The van der Waals surface area contributed by atoms with Crippen LogP contribution < -0.4 is 14.8 Å². The summed E-state index contributed by atoms with van der Waals surface area (Å²) >= 11 is 12.5. The zero-order valence-electron chi connectivity index (χ0n) is 21.2. The summed E-state index contributed by atoms with van der Waals surface area (Å²) in [6.07, 6.45) is 1.46. The summed E-state index contributed by atoms with van der Waals surface area (Å²) < 4.78 is 13.3. The number of ether oxygens (including phenoxy) is 2. The maximum atomic E-state index is 12.3. The van der Waals surface area contributed by atoms with Crippen LogP contribution in [0.15, 0.2) is 85.1 Å². The molecule has 202 valence electrons. The van der Waals surface area contributed by atoms with Gasteiger partial charge in [0, 0.05) is 17.7 Å². The number of carbonyl (C=O) groups is 2. The molecule has 0 atom stereocenters. The molecule has 0 aliphatic heterocycles. The minimum Gasteiger partial charge on any atom is -0.497 e. The zero-order chi connectivity index (χ0) is 28.2. The lowest BCUT2D eigenvalue weighted by Gasteiger charge is -2.13. The van der Waals surface area contributed by atoms with E-state index in [1.165, 1.54) is 0 Å². The number of nitrogens with one attached hydrogen (secondary N) is 1. The van der Waals surface area contributed by atoms with Crippen molar-refractivity contribution in [1.82, 2.24) is 15.1 Å². The van der Waals surface area contributed by atoms with Crippen LogP contribution in [0.4, 0.5) is 0 Å². The third kappa shape index (κ3) is 5.88. The third-order valence-electron chi connectivity index (χ3n) is 6.17. The molecule has 0 aliphatic carbocycles. The highest BCUT2D eigenvalue weighted by atomic mass is 35.5. The van der Waals surface area contributed by atoms with Gasteiger partial charge < -0.3 is 19.9 Å². The van der Waals surface area contributed by atoms with Crippen LogP contribution in [0.3, 0.4) is 0 Å². The van der Waals surface area contributed by atoms with E-state index in [2.05, 4.69) is 10.4 Å². The molecular weight excluding hydrogens is 553 g/mol. The lowest BCUT2D eigenvalue weighted by Crippen LogP contribution is -2.25. The van der Waals surface area contributed by atoms with Crippen molar-refractivity contribution in [3.63, 3.8) is 0 Å². The Labute approximate surface area is 239 Å². The average molecular weight is 576 g/mol. The molecule has 2 N–H and O–H groups in total. The molecule has 0 fully saturated rings. The summed E-state index contributed by atoms with van der Waals surface area (Å²) in [6, 6.07) is 23.7. The van der Waals surface area contributed by atoms with Crippen molar-refractivity contribution in [3.05, 3.63) is 101 Å². The molecule has 1 amide bonds. The van der Waals surface area contributed by atoms with Gasteiger partial charge in [-0.15, -0.1) is 0 Å². The van der Waals surface area contributed by atoms with Crippen LogP contribution in [0, 0.1) is 0 Å². The Morgan fingerprint density at radius 1 is 0.900 bits per heavy atom. The number of carbonyl (C=O) groups excluding carboxylic acids is 1. The molecule has 0 bridgehead atoms. The molecule has 0 saturated heterocycles. The largest absolute Gasteiger partial charge is 0.497 e. The van der Waals surface area contributed by atoms with Gasteiger partial charge in [0.2, 0.25) is 0 Å². The summed E-state index contributed by atoms with van der Waals surface area (Å²) in [5.74, 6) is 0.394. The molecule has 0 radical (unpaired) electrons. The number of rotatable bonds is 9. The van der Waals surface area contributed by atoms with Gasteiger partial charge in [0.25, 0.3) is 5.91 Å². The number of hydrogen-bond donors (Lipinski definition) is 2. The quantitative estimate of drug-likeness (QED) is 0.196. The van der Waals surface area contributed by atoms with E-state index in [1.54, 1.807) is 54.4 Å².